The molecule has 1 aliphatic rings. The number of hydrogen-bond donors (Lipinski definition) is 0. The van der Waals surface area contributed by atoms with Crippen LogP contribution in [-0.2, 0) is 21.1 Å². The van der Waals surface area contributed by atoms with Crippen molar-refractivity contribution >= 4 is 27.3 Å². The maximum absolute atomic E-state index is 13.3. The Balaban J connectivity index is 1.54. The number of hydrogen-bond acceptors (Lipinski definition) is 3. The lowest BCUT2D eigenvalue weighted by Crippen LogP contribution is -2.56. The summed E-state index contributed by atoms with van der Waals surface area (Å²) in [5, 5.41) is -0.105. The molecule has 1 fully saturated rings. The Morgan fingerprint density at radius 3 is 2.46 bits per heavy atom. The molecule has 0 bridgehead atoms. The fourth-order valence-corrected chi connectivity index (χ4v) is 4.71. The van der Waals surface area contributed by atoms with Crippen LogP contribution in [0, 0.1) is 12.7 Å². The number of amides is 1. The number of benzene rings is 2. The Labute approximate surface area is 157 Å². The van der Waals surface area contributed by atoms with Gasteiger partial charge in [0.25, 0.3) is 0 Å². The van der Waals surface area contributed by atoms with Crippen LogP contribution in [0.1, 0.15) is 17.5 Å². The van der Waals surface area contributed by atoms with E-state index in [0.29, 0.717) is 17.0 Å². The number of rotatable bonds is 5. The van der Waals surface area contributed by atoms with Gasteiger partial charge in [0.05, 0.1) is 4.90 Å². The minimum atomic E-state index is -3.46. The maximum atomic E-state index is 13.3. The van der Waals surface area contributed by atoms with Gasteiger partial charge < -0.3 is 4.90 Å². The van der Waals surface area contributed by atoms with Crippen molar-refractivity contribution in [3.63, 3.8) is 0 Å². The predicted molar refractivity (Wildman–Crippen MR) is 98.5 cm³/mol. The first-order valence-electron chi connectivity index (χ1n) is 8.29. The quantitative estimate of drug-likeness (QED) is 0.779. The zero-order valence-corrected chi connectivity index (χ0v) is 15.9. The van der Waals surface area contributed by atoms with Crippen molar-refractivity contribution in [3.05, 3.63) is 64.4 Å². The number of halogens is 2. The first kappa shape index (κ1) is 18.9. The molecule has 0 atom stereocenters. The fraction of sp³-hybridized carbons (Fsp3) is 0.316. The van der Waals surface area contributed by atoms with Gasteiger partial charge in [0.15, 0.2) is 9.84 Å². The summed E-state index contributed by atoms with van der Waals surface area (Å²) in [6.07, 6.45) is 0.782. The van der Waals surface area contributed by atoms with Crippen molar-refractivity contribution in [2.75, 3.05) is 13.1 Å². The molecule has 3 rings (SSSR count). The predicted octanol–water partition coefficient (Wildman–Crippen LogP) is 3.40. The van der Waals surface area contributed by atoms with Gasteiger partial charge in [0.2, 0.25) is 5.91 Å². The Morgan fingerprint density at radius 2 is 1.85 bits per heavy atom. The molecule has 0 N–H and O–H groups in total. The fourth-order valence-electron chi connectivity index (χ4n) is 2.93. The third kappa shape index (κ3) is 3.91. The van der Waals surface area contributed by atoms with Crippen molar-refractivity contribution in [2.24, 2.45) is 0 Å². The summed E-state index contributed by atoms with van der Waals surface area (Å²) in [7, 11) is -3.46. The highest BCUT2D eigenvalue weighted by molar-refractivity contribution is 7.92. The smallest absolute Gasteiger partial charge is 0.222 e. The van der Waals surface area contributed by atoms with Crippen LogP contribution in [0.15, 0.2) is 47.4 Å². The standard InChI is InChI=1S/C19H19ClFNO3S/c1-13-10-14(2-8-18(13)21)3-9-19(23)22-11-17(12-22)26(24,25)16-6-4-15(20)5-7-16/h2,4-8,10,17H,3,9,11-12H2,1H3. The summed E-state index contributed by atoms with van der Waals surface area (Å²) < 4.78 is 38.3. The number of nitrogens with zero attached hydrogens (tertiary/aromatic N) is 1. The molecule has 2 aromatic carbocycles. The molecule has 0 spiro atoms. The van der Waals surface area contributed by atoms with Crippen molar-refractivity contribution < 1.29 is 17.6 Å². The molecule has 0 saturated carbocycles. The summed E-state index contributed by atoms with van der Waals surface area (Å²) in [5.74, 6) is -0.354. The third-order valence-corrected chi connectivity index (χ3v) is 6.99. The van der Waals surface area contributed by atoms with Gasteiger partial charge in [0.1, 0.15) is 11.1 Å². The lowest BCUT2D eigenvalue weighted by Gasteiger charge is -2.38. The van der Waals surface area contributed by atoms with E-state index in [1.807, 2.05) is 0 Å². The summed E-state index contributed by atoms with van der Waals surface area (Å²) in [6, 6.07) is 10.8. The molecule has 0 aliphatic carbocycles. The second-order valence-electron chi connectivity index (χ2n) is 6.50. The molecule has 0 aromatic heterocycles. The zero-order valence-electron chi connectivity index (χ0n) is 14.3. The van der Waals surface area contributed by atoms with Crippen molar-refractivity contribution in [1.29, 1.82) is 0 Å². The minimum Gasteiger partial charge on any atom is -0.340 e. The van der Waals surface area contributed by atoms with E-state index in [9.17, 15) is 17.6 Å². The number of likely N-dealkylation sites (tertiary alicyclic amines) is 1. The van der Waals surface area contributed by atoms with Crippen molar-refractivity contribution in [3.8, 4) is 0 Å². The first-order chi connectivity index (χ1) is 12.3. The zero-order chi connectivity index (χ0) is 18.9. The van der Waals surface area contributed by atoms with E-state index in [0.717, 1.165) is 5.56 Å². The molecular formula is C19H19ClFNO3S. The monoisotopic (exact) mass is 395 g/mol. The van der Waals surface area contributed by atoms with Crippen LogP contribution in [0.4, 0.5) is 4.39 Å². The average Bonchev–Trinajstić information content (AvgIpc) is 2.54. The second kappa shape index (κ2) is 7.37. The van der Waals surface area contributed by atoms with Gasteiger partial charge in [-0.1, -0.05) is 23.7 Å². The molecule has 0 unspecified atom stereocenters. The molecule has 1 heterocycles. The lowest BCUT2D eigenvalue weighted by atomic mass is 10.1. The molecule has 26 heavy (non-hydrogen) atoms. The van der Waals surface area contributed by atoms with Gasteiger partial charge in [-0.15, -0.1) is 0 Å². The number of sulfone groups is 1. The summed E-state index contributed by atoms with van der Waals surface area (Å²) >= 11 is 5.79. The van der Waals surface area contributed by atoms with Gasteiger partial charge in [-0.25, -0.2) is 12.8 Å². The topological polar surface area (TPSA) is 54.5 Å². The highest BCUT2D eigenvalue weighted by Crippen LogP contribution is 2.25. The molecule has 1 saturated heterocycles. The van der Waals surface area contributed by atoms with E-state index in [1.165, 1.54) is 18.2 Å². The largest absolute Gasteiger partial charge is 0.340 e. The summed E-state index contributed by atoms with van der Waals surface area (Å²) in [5.41, 5.74) is 1.44. The van der Waals surface area contributed by atoms with E-state index in [1.54, 1.807) is 36.1 Å². The molecule has 138 valence electrons. The SMILES string of the molecule is Cc1cc(CCC(=O)N2CC(S(=O)(=O)c3ccc(Cl)cc3)C2)ccc1F. The summed E-state index contributed by atoms with van der Waals surface area (Å²) in [4.78, 5) is 14.0. The van der Waals surface area contributed by atoms with Gasteiger partial charge in [-0.2, -0.15) is 0 Å². The van der Waals surface area contributed by atoms with E-state index in [-0.39, 0.29) is 36.1 Å². The van der Waals surface area contributed by atoms with Gasteiger partial charge in [-0.3, -0.25) is 4.79 Å². The molecule has 1 aliphatic heterocycles. The minimum absolute atomic E-state index is 0.0884. The van der Waals surface area contributed by atoms with E-state index < -0.39 is 15.1 Å². The number of carbonyl (C=O) groups is 1. The molecule has 0 radical (unpaired) electrons. The number of carbonyl (C=O) groups excluding carboxylic acids is 1. The third-order valence-electron chi connectivity index (χ3n) is 4.63. The van der Waals surface area contributed by atoms with Gasteiger partial charge in [-0.05, 0) is 54.8 Å². The van der Waals surface area contributed by atoms with Crippen LogP contribution in [0.2, 0.25) is 5.02 Å². The molecular weight excluding hydrogens is 377 g/mol. The molecule has 7 heteroatoms. The lowest BCUT2D eigenvalue weighted by molar-refractivity contribution is -0.134. The Morgan fingerprint density at radius 1 is 1.19 bits per heavy atom. The number of aryl methyl sites for hydroxylation is 2. The van der Waals surface area contributed by atoms with Crippen LogP contribution < -0.4 is 0 Å². The summed E-state index contributed by atoms with van der Waals surface area (Å²) in [6.45, 7) is 2.08. The van der Waals surface area contributed by atoms with Gasteiger partial charge in [0, 0.05) is 24.5 Å². The van der Waals surface area contributed by atoms with Crippen LogP contribution >= 0.6 is 11.6 Å². The van der Waals surface area contributed by atoms with E-state index in [2.05, 4.69) is 0 Å². The van der Waals surface area contributed by atoms with Crippen LogP contribution in [-0.4, -0.2) is 37.6 Å². The molecule has 4 nitrogen and oxygen atoms in total. The Bertz CT molecular complexity index is 922. The highest BCUT2D eigenvalue weighted by atomic mass is 35.5. The van der Waals surface area contributed by atoms with Crippen molar-refractivity contribution in [2.45, 2.75) is 29.9 Å². The van der Waals surface area contributed by atoms with Crippen LogP contribution in [0.25, 0.3) is 0 Å². The second-order valence-corrected chi connectivity index (χ2v) is 9.17. The van der Waals surface area contributed by atoms with Crippen LogP contribution in [0.5, 0.6) is 0 Å². The highest BCUT2D eigenvalue weighted by Gasteiger charge is 2.40. The van der Waals surface area contributed by atoms with E-state index in [4.69, 9.17) is 11.6 Å². The first-order valence-corrected chi connectivity index (χ1v) is 10.2. The van der Waals surface area contributed by atoms with Gasteiger partial charge >= 0.3 is 0 Å². The molecule has 1 amide bonds. The molecule has 2 aromatic rings. The Kier molecular flexibility index (Phi) is 5.34. The average molecular weight is 396 g/mol. The van der Waals surface area contributed by atoms with E-state index >= 15 is 0 Å². The van der Waals surface area contributed by atoms with Crippen LogP contribution in [0.3, 0.4) is 0 Å². The normalized spacial score (nSPS) is 15.0. The van der Waals surface area contributed by atoms with Crippen molar-refractivity contribution in [1.82, 2.24) is 4.90 Å². The Hall–Kier alpha value is -1.92. The maximum Gasteiger partial charge on any atom is 0.222 e.